The molecule has 0 aliphatic carbocycles. The van der Waals surface area contributed by atoms with Crippen LogP contribution in [-0.2, 0) is 6.54 Å². The molecule has 0 radical (unpaired) electrons. The Kier molecular flexibility index (Phi) is 5.49. The summed E-state index contributed by atoms with van der Waals surface area (Å²) in [6, 6.07) is 10.0. The molecule has 0 saturated carbocycles. The maximum atomic E-state index is 6.06. The van der Waals surface area contributed by atoms with Crippen molar-refractivity contribution in [3.8, 4) is 11.6 Å². The molecule has 32 heavy (non-hydrogen) atoms. The normalized spacial score (nSPS) is 15.8. The molecule has 8 heteroatoms. The second-order valence-electron chi connectivity index (χ2n) is 7.85. The fourth-order valence-corrected chi connectivity index (χ4v) is 4.19. The van der Waals surface area contributed by atoms with Gasteiger partial charge in [-0.2, -0.15) is 5.10 Å². The maximum absolute atomic E-state index is 6.06. The molecule has 0 N–H and O–H groups in total. The van der Waals surface area contributed by atoms with Gasteiger partial charge in [-0.05, 0) is 61.2 Å². The van der Waals surface area contributed by atoms with Crippen LogP contribution in [0.1, 0.15) is 47.2 Å². The zero-order valence-corrected chi connectivity index (χ0v) is 18.7. The predicted molar refractivity (Wildman–Crippen MR) is 124 cm³/mol. The molecule has 0 amide bonds. The number of aryl methyl sites for hydroxylation is 2. The van der Waals surface area contributed by atoms with Crippen molar-refractivity contribution in [2.45, 2.75) is 32.2 Å². The van der Waals surface area contributed by atoms with Gasteiger partial charge in [0.2, 0.25) is 5.88 Å². The quantitative estimate of drug-likeness (QED) is 0.435. The highest BCUT2D eigenvalue weighted by atomic mass is 35.5. The minimum Gasteiger partial charge on any atom is -0.480 e. The van der Waals surface area contributed by atoms with Crippen molar-refractivity contribution in [2.75, 3.05) is 7.11 Å². The highest BCUT2D eigenvalue weighted by molar-refractivity contribution is 6.30. The van der Waals surface area contributed by atoms with Crippen LogP contribution in [0.2, 0.25) is 5.02 Å². The van der Waals surface area contributed by atoms with E-state index in [1.54, 1.807) is 19.6 Å². The monoisotopic (exact) mass is 446 g/mol. The van der Waals surface area contributed by atoms with Gasteiger partial charge < -0.3 is 9.30 Å². The van der Waals surface area contributed by atoms with E-state index < -0.39 is 0 Å². The molecule has 0 bridgehead atoms. The summed E-state index contributed by atoms with van der Waals surface area (Å²) in [7, 11) is 1.61. The van der Waals surface area contributed by atoms with Crippen LogP contribution in [0.4, 0.5) is 0 Å². The van der Waals surface area contributed by atoms with E-state index in [0.717, 1.165) is 47.2 Å². The molecular formula is C24H23ClN6O. The van der Waals surface area contributed by atoms with Gasteiger partial charge in [0.1, 0.15) is 11.5 Å². The molecule has 5 rings (SSSR count). The van der Waals surface area contributed by atoms with E-state index in [1.165, 1.54) is 5.56 Å². The van der Waals surface area contributed by atoms with Crippen LogP contribution in [0, 0.1) is 6.92 Å². The van der Waals surface area contributed by atoms with Crippen molar-refractivity contribution in [3.05, 3.63) is 82.5 Å². The van der Waals surface area contributed by atoms with E-state index in [1.807, 2.05) is 52.7 Å². The van der Waals surface area contributed by atoms with Crippen LogP contribution < -0.4 is 4.74 Å². The van der Waals surface area contributed by atoms with Gasteiger partial charge in [0, 0.05) is 29.9 Å². The summed E-state index contributed by atoms with van der Waals surface area (Å²) in [5, 5.41) is 5.45. The lowest BCUT2D eigenvalue weighted by molar-refractivity contribution is 0.396. The number of halogens is 1. The third kappa shape index (κ3) is 4.03. The number of rotatable bonds is 5. The Morgan fingerprint density at radius 2 is 2.00 bits per heavy atom. The van der Waals surface area contributed by atoms with Gasteiger partial charge >= 0.3 is 0 Å². The Bertz CT molecular complexity index is 1270. The van der Waals surface area contributed by atoms with Crippen LogP contribution >= 0.6 is 11.6 Å². The lowest BCUT2D eigenvalue weighted by Crippen LogP contribution is -2.17. The lowest BCUT2D eigenvalue weighted by atomic mass is 9.91. The van der Waals surface area contributed by atoms with Crippen molar-refractivity contribution < 1.29 is 4.74 Å². The Balaban J connectivity index is 1.43. The minimum absolute atomic E-state index is 0.231. The number of methoxy groups -OCH3 is 1. The number of aromatic nitrogens is 6. The Labute approximate surface area is 191 Å². The number of fused-ring (bicyclic) bond motifs is 1. The van der Waals surface area contributed by atoms with Crippen molar-refractivity contribution in [1.82, 2.24) is 29.3 Å². The molecule has 4 aromatic rings. The Hall–Kier alpha value is -3.45. The highest BCUT2D eigenvalue weighted by Crippen LogP contribution is 2.33. The summed E-state index contributed by atoms with van der Waals surface area (Å²) in [4.78, 5) is 13.6. The molecule has 7 nitrogen and oxygen atoms in total. The van der Waals surface area contributed by atoms with Gasteiger partial charge in [0.05, 0.1) is 19.1 Å². The molecule has 1 aliphatic rings. The number of imidazole rings is 1. The smallest absolute Gasteiger partial charge is 0.238 e. The van der Waals surface area contributed by atoms with E-state index >= 15 is 0 Å². The Morgan fingerprint density at radius 1 is 1.16 bits per heavy atom. The Morgan fingerprint density at radius 3 is 2.75 bits per heavy atom. The molecule has 0 saturated heterocycles. The summed E-state index contributed by atoms with van der Waals surface area (Å²) >= 11 is 6.06. The summed E-state index contributed by atoms with van der Waals surface area (Å²) < 4.78 is 9.35. The first-order valence-corrected chi connectivity index (χ1v) is 10.9. The number of ether oxygens (including phenoxy) is 1. The number of nitrogens with zero attached hydrogens (tertiary/aromatic N) is 6. The van der Waals surface area contributed by atoms with Gasteiger partial charge in [-0.1, -0.05) is 23.7 Å². The van der Waals surface area contributed by atoms with E-state index in [2.05, 4.69) is 22.1 Å². The molecule has 162 valence electrons. The molecule has 1 aromatic carbocycles. The highest BCUT2D eigenvalue weighted by Gasteiger charge is 2.25. The number of hydrogen-bond acceptors (Lipinski definition) is 5. The van der Waals surface area contributed by atoms with Crippen molar-refractivity contribution in [1.29, 1.82) is 0 Å². The molecule has 4 heterocycles. The molecule has 0 spiro atoms. The molecule has 1 aliphatic heterocycles. The van der Waals surface area contributed by atoms with Crippen molar-refractivity contribution in [3.63, 3.8) is 0 Å². The third-order valence-electron chi connectivity index (χ3n) is 5.62. The van der Waals surface area contributed by atoms with Gasteiger partial charge in [-0.3, -0.25) is 0 Å². The predicted octanol–water partition coefficient (Wildman–Crippen LogP) is 4.93. The van der Waals surface area contributed by atoms with Crippen LogP contribution in [0.5, 0.6) is 5.88 Å². The van der Waals surface area contributed by atoms with Crippen LogP contribution in [0.25, 0.3) is 17.8 Å². The second-order valence-corrected chi connectivity index (χ2v) is 8.29. The lowest BCUT2D eigenvalue weighted by Gasteiger charge is -2.22. The fraction of sp³-hybridized carbons (Fsp3) is 0.250. The van der Waals surface area contributed by atoms with Gasteiger partial charge in [-0.15, -0.1) is 0 Å². The first-order valence-electron chi connectivity index (χ1n) is 10.5. The topological polar surface area (TPSA) is 70.7 Å². The van der Waals surface area contributed by atoms with E-state index in [4.69, 9.17) is 26.4 Å². The summed E-state index contributed by atoms with van der Waals surface area (Å²) in [5.41, 5.74) is 3.90. The number of benzene rings is 1. The average molecular weight is 447 g/mol. The number of hydrogen-bond donors (Lipinski definition) is 0. The number of pyridine rings is 1. The van der Waals surface area contributed by atoms with E-state index in [9.17, 15) is 0 Å². The van der Waals surface area contributed by atoms with Gasteiger partial charge in [0.15, 0.2) is 5.82 Å². The van der Waals surface area contributed by atoms with Crippen molar-refractivity contribution in [2.24, 2.45) is 0 Å². The van der Waals surface area contributed by atoms with Crippen molar-refractivity contribution >= 4 is 23.8 Å². The molecular weight excluding hydrogens is 424 g/mol. The summed E-state index contributed by atoms with van der Waals surface area (Å²) in [6.07, 6.45) is 11.5. The van der Waals surface area contributed by atoms with Gasteiger partial charge in [-0.25, -0.2) is 19.6 Å². The van der Waals surface area contributed by atoms with E-state index in [-0.39, 0.29) is 5.92 Å². The average Bonchev–Trinajstić information content (AvgIpc) is 3.44. The maximum Gasteiger partial charge on any atom is 0.238 e. The summed E-state index contributed by atoms with van der Waals surface area (Å²) in [5.74, 6) is 2.47. The SMILES string of the molecule is COc1ncc(/C=C/c2nc3n(n2)CCC[C@H]3c2ccc(Cl)cc2)cc1-n1cnc(C)c1. The molecule has 0 unspecified atom stereocenters. The second kappa shape index (κ2) is 8.59. The first kappa shape index (κ1) is 20.5. The van der Waals surface area contributed by atoms with Crippen LogP contribution in [0.3, 0.4) is 0 Å². The van der Waals surface area contributed by atoms with Crippen LogP contribution in [-0.4, -0.2) is 36.4 Å². The zero-order chi connectivity index (χ0) is 22.1. The molecule has 0 fully saturated rings. The standard InChI is InChI=1S/C24H23ClN6O/c1-16-14-30(15-27-16)21-12-17(13-26-24(21)32-2)5-10-22-28-23-20(4-3-11-31(23)29-22)18-6-8-19(25)9-7-18/h5-10,12-15,20H,3-4,11H2,1-2H3/b10-5+/t20-/m0/s1. The third-order valence-corrected chi connectivity index (χ3v) is 5.88. The summed E-state index contributed by atoms with van der Waals surface area (Å²) in [6.45, 7) is 2.83. The van der Waals surface area contributed by atoms with Crippen LogP contribution in [0.15, 0.2) is 49.1 Å². The largest absolute Gasteiger partial charge is 0.480 e. The van der Waals surface area contributed by atoms with E-state index in [0.29, 0.717) is 11.7 Å². The van der Waals surface area contributed by atoms with Gasteiger partial charge in [0.25, 0.3) is 0 Å². The minimum atomic E-state index is 0.231. The molecule has 1 atom stereocenters. The zero-order valence-electron chi connectivity index (χ0n) is 17.9. The first-order chi connectivity index (χ1) is 15.6. The molecule has 3 aromatic heterocycles. The fourth-order valence-electron chi connectivity index (χ4n) is 4.06.